The Kier molecular flexibility index (Phi) is 28.3. The third-order valence-corrected chi connectivity index (χ3v) is 46.0. The number of nitrogens with one attached hydrogen (secondary N) is 2. The molecule has 0 aliphatic carbocycles. The average Bonchev–Trinajstić information content (AvgIpc) is 1.65. The van der Waals surface area contributed by atoms with Gasteiger partial charge in [0.2, 0.25) is 20.0 Å². The first-order valence-electron chi connectivity index (χ1n) is 49.8. The van der Waals surface area contributed by atoms with E-state index in [9.17, 15) is 21.9 Å². The molecule has 0 amide bonds. The van der Waals surface area contributed by atoms with Gasteiger partial charge in [0.15, 0.2) is 70.0 Å². The number of H-pyrrole nitrogens is 1. The third-order valence-electron chi connectivity index (χ3n) is 31.0. The minimum atomic E-state index is -3.27. The van der Waals surface area contributed by atoms with Crippen molar-refractivity contribution in [3.05, 3.63) is 162 Å². The Morgan fingerprint density at radius 2 is 0.807 bits per heavy atom. The number of ether oxygens (including phenoxy) is 11. The molecule has 6 aromatic heterocycles. The van der Waals surface area contributed by atoms with Gasteiger partial charge >= 0.3 is 0 Å². The molecule has 756 valence electrons. The Bertz CT molecular complexity index is 6420. The summed E-state index contributed by atoms with van der Waals surface area (Å²) in [6, 6.07) is 36.3. The number of fused-ring (bicyclic) bond motifs is 12. The number of aromatic amines is 1. The topological polar surface area (TPSA) is 291 Å². The first-order chi connectivity index (χ1) is 66.2. The van der Waals surface area contributed by atoms with Gasteiger partial charge in [-0.3, -0.25) is 9.13 Å². The van der Waals surface area contributed by atoms with Crippen molar-refractivity contribution < 1.29 is 96.1 Å². The summed E-state index contributed by atoms with van der Waals surface area (Å²) in [5, 5.41) is 13.7. The summed E-state index contributed by atoms with van der Waals surface area (Å²) in [5.41, 5.74) is 13.3. The van der Waals surface area contributed by atoms with Crippen LogP contribution < -0.4 is 19.5 Å². The molecule has 18 atom stereocenters. The molecule has 9 saturated heterocycles. The molecule has 0 spiro atoms. The van der Waals surface area contributed by atoms with E-state index in [2.05, 4.69) is 153 Å². The first kappa shape index (κ1) is 101. The normalized spacial score (nSPS) is 28.1. The van der Waals surface area contributed by atoms with E-state index in [-0.39, 0.29) is 133 Å². The molecule has 3 N–H and O–H groups in total. The first-order valence-corrected chi connectivity index (χ1v) is 66.8. The number of nitrogens with zero attached hydrogens (tertiary/aromatic N) is 7. The second-order valence-electron chi connectivity index (χ2n) is 45.8. The number of hydrogen-bond donors (Lipinski definition) is 3. The van der Waals surface area contributed by atoms with Gasteiger partial charge in [-0.15, -0.1) is 0 Å². The number of aliphatic hydroxyl groups is 1. The van der Waals surface area contributed by atoms with E-state index in [1.54, 1.807) is 20.7 Å². The van der Waals surface area contributed by atoms with Crippen molar-refractivity contribution in [2.24, 2.45) is 0 Å². The van der Waals surface area contributed by atoms with Gasteiger partial charge in [0.05, 0.1) is 97.5 Å². The number of aromatic nitrogens is 6. The van der Waals surface area contributed by atoms with Crippen LogP contribution in [0.15, 0.2) is 127 Å². The lowest BCUT2D eigenvalue weighted by molar-refractivity contribution is 0.00794. The minimum absolute atomic E-state index is 0.00631. The molecule has 3 aromatic carbocycles. The van der Waals surface area contributed by atoms with Gasteiger partial charge in [0.25, 0.3) is 0 Å². The smallest absolute Gasteiger partial charge is 0.212 e. The second-order valence-corrected chi connectivity index (χ2v) is 70.3. The summed E-state index contributed by atoms with van der Waals surface area (Å²) in [4.78, 5) is 17.3. The largest absolute Gasteiger partial charge is 0.470 e. The number of aliphatic hydroxyl groups excluding tert-OH is 1. The second kappa shape index (κ2) is 39.3. The van der Waals surface area contributed by atoms with Crippen LogP contribution in [0.1, 0.15) is 116 Å². The standard InChI is InChI=1S/C39H56FN3O7SSi2.C38H54FN3O5Si2.C27H28FN3O6S/c1-39(2,3)53(8,9)50-34-23-48-37-33(22-47-38(34)37)49-35-21-31-32(42(35)24-46-16-17-52(5,6)7)20-30(40)36(41-31)26-12-10-25(11-13-26)27-18-28-14-15-29(19-27)43(28)51(4,44)45;1-38(2,3)49(7,8)47-33-22-45-36-32(21-44-37(33)36)46-34-20-30-31(42(34)23-43-15-16-48(4,5)6)19-29(39)35(41-30)25-11-9-24(10-12-25)26-17-27-13-14-28(18-26)40-27;1-38(33,34)31-17-6-7-18(31)9-16(8-17)14-2-4-15(5-3-14)25-19(28)10-20-21(30-25)11-24(29-20)37-23-13-36-26-22(32)12-35-27(23)26/h10-13,18,20-21,28-29,33-34,37-38H,14-17,19,22-24H2,1-9H3;9-12,17,19-20,27-28,32-33,36-37,40H,13-16,18,21-23H2,1-8H3;2-5,8,10-11,17-18,22-23,26-27,29,32H,6-7,9,12-13H2,1H3/t28?,29?,33-,34-,37-,38-;27?,28?,32-,33-,36-,37-;17?,18?,22-,23-,26-,27-/m111/s1. The Morgan fingerprint density at radius 1 is 0.436 bits per heavy atom. The fourth-order valence-corrected chi connectivity index (χ4v) is 28.3. The van der Waals surface area contributed by atoms with Crippen molar-refractivity contribution >= 4 is 103 Å². The molecule has 0 saturated carbocycles. The van der Waals surface area contributed by atoms with Crippen molar-refractivity contribution in [3.8, 4) is 51.4 Å². The summed E-state index contributed by atoms with van der Waals surface area (Å²) >= 11 is 0. The molecule has 36 heteroatoms. The van der Waals surface area contributed by atoms with E-state index in [1.165, 1.54) is 48.6 Å². The monoisotopic (exact) mass is 2030 g/mol. The fourth-order valence-electron chi connectivity index (χ4n) is 21.4. The maximum atomic E-state index is 16.0. The highest BCUT2D eigenvalue weighted by Crippen LogP contribution is 2.48. The summed E-state index contributed by atoms with van der Waals surface area (Å²) in [6.45, 7) is 40.2. The van der Waals surface area contributed by atoms with E-state index in [0.717, 1.165) is 72.0 Å². The van der Waals surface area contributed by atoms with Gasteiger partial charge < -0.3 is 76.4 Å². The lowest BCUT2D eigenvalue weighted by atomic mass is 9.95. The van der Waals surface area contributed by atoms with Crippen molar-refractivity contribution in [2.45, 2.75) is 310 Å². The Balaban J connectivity index is 0.000000135. The van der Waals surface area contributed by atoms with Crippen LogP contribution in [0.2, 0.25) is 87.6 Å². The highest BCUT2D eigenvalue weighted by atomic mass is 32.2. The number of sulfonamides is 2. The lowest BCUT2D eigenvalue weighted by Gasteiger charge is -2.39. The zero-order chi connectivity index (χ0) is 99.0. The molecule has 6 bridgehead atoms. The predicted molar refractivity (Wildman–Crippen MR) is 546 cm³/mol. The highest BCUT2D eigenvalue weighted by molar-refractivity contribution is 7.88. The lowest BCUT2D eigenvalue weighted by Crippen LogP contribution is -2.47. The van der Waals surface area contributed by atoms with E-state index >= 15 is 13.2 Å². The van der Waals surface area contributed by atoms with Crippen molar-refractivity contribution in [2.75, 3.05) is 65.4 Å². The number of rotatable bonds is 28. The Morgan fingerprint density at radius 3 is 1.21 bits per heavy atom. The summed E-state index contributed by atoms with van der Waals surface area (Å²) in [7, 11) is -13.2. The van der Waals surface area contributed by atoms with Crippen LogP contribution >= 0.6 is 0 Å². The van der Waals surface area contributed by atoms with Crippen LogP contribution in [0.5, 0.6) is 17.6 Å². The van der Waals surface area contributed by atoms with E-state index in [1.807, 2.05) is 81.9 Å². The van der Waals surface area contributed by atoms with Crippen LogP contribution in [0.25, 0.3) is 83.6 Å². The summed E-state index contributed by atoms with van der Waals surface area (Å²) in [6.07, 6.45) is 13.5. The Labute approximate surface area is 824 Å². The van der Waals surface area contributed by atoms with E-state index in [4.69, 9.17) is 70.9 Å². The predicted octanol–water partition coefficient (Wildman–Crippen LogP) is 18.5. The van der Waals surface area contributed by atoms with Gasteiger partial charge in [-0.25, -0.2) is 45.0 Å². The number of hydrogen-bond acceptors (Lipinski definition) is 22. The van der Waals surface area contributed by atoms with Gasteiger partial charge in [0, 0.05) is 119 Å². The zero-order valence-electron chi connectivity index (χ0n) is 83.8. The average molecular weight is 2040 g/mol. The molecule has 9 fully saturated rings. The number of halogens is 3. The van der Waals surface area contributed by atoms with Gasteiger partial charge in [0.1, 0.15) is 73.3 Å². The van der Waals surface area contributed by atoms with Gasteiger partial charge in [-0.05, 0) is 140 Å². The number of pyridine rings is 3. The molecule has 0 radical (unpaired) electrons. The van der Waals surface area contributed by atoms with Crippen LogP contribution in [0, 0.1) is 17.5 Å². The molecule has 12 aliphatic rings. The van der Waals surface area contributed by atoms with Crippen LogP contribution in [-0.2, 0) is 80.3 Å². The quantitative estimate of drug-likeness (QED) is 0.0303. The van der Waals surface area contributed by atoms with Crippen molar-refractivity contribution in [3.63, 3.8) is 0 Å². The van der Waals surface area contributed by atoms with Gasteiger partial charge in [-0.1, -0.05) is 172 Å². The van der Waals surface area contributed by atoms with Crippen LogP contribution in [-0.4, -0.2) is 267 Å². The molecular weight excluding hydrogens is 1900 g/mol. The molecule has 140 heavy (non-hydrogen) atoms. The van der Waals surface area contributed by atoms with Crippen molar-refractivity contribution in [1.29, 1.82) is 0 Å². The SMILES string of the molecule is CC(C)(C)[Si](C)(C)O[C@@H]1CO[C@H]2[C@@H]1OC[C@H]2Oc1cc2nc(-c3ccc(C4=CC5CCC(C4)N5)cc3)c(F)cc2n1COCC[Si](C)(C)C.CC(C)(C)[Si](C)(C)O[C@@H]1CO[C@H]2[C@@H]1OC[C@H]2Oc1cc2nc(-c3ccc(C4=CC5CCC(C4)N5S(C)(=O)=O)cc3)c(F)cc2n1COCC[Si](C)(C)C.CS(=O)(=O)N1C2C=C(c3ccc(-c4nc5cc(O[C@@H]6CO[C@H]7[C@@H]6OC[C@H]7O)[nH]c5cc4F)cc3)CC1CC2. The maximum absolute atomic E-state index is 16.0. The molecular formula is C104H138F3N9O18S2Si4. The molecule has 9 aromatic rings. The zero-order valence-corrected chi connectivity index (χ0v) is 89.5. The summed E-state index contributed by atoms with van der Waals surface area (Å²) in [5.74, 6) is 0.263. The van der Waals surface area contributed by atoms with Crippen LogP contribution in [0.4, 0.5) is 13.2 Å². The molecule has 21 rings (SSSR count). The number of benzene rings is 3. The molecule has 27 nitrogen and oxygen atoms in total. The summed E-state index contributed by atoms with van der Waals surface area (Å²) < 4.78 is 185. The Hall–Kier alpha value is -7.65. The van der Waals surface area contributed by atoms with E-state index < -0.39 is 76.7 Å². The van der Waals surface area contributed by atoms with Crippen molar-refractivity contribution in [1.82, 2.24) is 43.0 Å². The fraction of sp³-hybridized carbons (Fsp3) is 0.567. The van der Waals surface area contributed by atoms with E-state index in [0.29, 0.717) is 139 Å². The maximum Gasteiger partial charge on any atom is 0.212 e. The minimum Gasteiger partial charge on any atom is -0.470 e. The molecule has 18 heterocycles. The molecule has 12 aliphatic heterocycles. The van der Waals surface area contributed by atoms with Crippen LogP contribution in [0.3, 0.4) is 0 Å². The molecule has 6 unspecified atom stereocenters. The third kappa shape index (κ3) is 21.4. The van der Waals surface area contributed by atoms with Gasteiger partial charge in [-0.2, -0.15) is 8.61 Å². The highest BCUT2D eigenvalue weighted by Gasteiger charge is 2.56.